The number of aliphatic imine (C=N–C) groups is 1. The Balaban J connectivity index is 1.82. The average Bonchev–Trinajstić information content (AvgIpc) is 3.26. The highest BCUT2D eigenvalue weighted by molar-refractivity contribution is 6.10. The Morgan fingerprint density at radius 1 is 1.27 bits per heavy atom. The third-order valence-electron chi connectivity index (χ3n) is 4.94. The molecule has 160 valence electrons. The monoisotopic (exact) mass is 410 g/mol. The molecule has 1 saturated heterocycles. The topological polar surface area (TPSA) is 75.2 Å². The van der Waals surface area contributed by atoms with E-state index in [4.69, 9.17) is 9.47 Å². The third-order valence-corrected chi connectivity index (χ3v) is 4.94. The second-order valence-corrected chi connectivity index (χ2v) is 7.55. The maximum Gasteiger partial charge on any atom is 0.258 e. The van der Waals surface area contributed by atoms with Gasteiger partial charge in [-0.15, -0.1) is 0 Å². The van der Waals surface area contributed by atoms with Crippen molar-refractivity contribution in [1.82, 2.24) is 5.32 Å². The Labute approximate surface area is 178 Å². The lowest BCUT2D eigenvalue weighted by Crippen LogP contribution is -2.37. The van der Waals surface area contributed by atoms with Crippen molar-refractivity contribution in [3.8, 4) is 5.75 Å². The van der Waals surface area contributed by atoms with Crippen LogP contribution in [0.3, 0.4) is 0 Å². The number of hydrogen-bond acceptors (Lipinski definition) is 5. The number of ether oxygens (including phenoxy) is 2. The number of anilines is 2. The summed E-state index contributed by atoms with van der Waals surface area (Å²) in [6.07, 6.45) is 2.09. The summed E-state index contributed by atoms with van der Waals surface area (Å²) in [5, 5.41) is 6.14. The molecule has 1 heterocycles. The van der Waals surface area contributed by atoms with E-state index < -0.39 is 0 Å². The summed E-state index contributed by atoms with van der Waals surface area (Å²) in [5.41, 5.74) is 3.32. The third kappa shape index (κ3) is 5.73. The first kappa shape index (κ1) is 21.6. The van der Waals surface area contributed by atoms with Crippen molar-refractivity contribution >= 4 is 23.2 Å². The summed E-state index contributed by atoms with van der Waals surface area (Å²) in [6.45, 7) is 3.24. The number of carbonyl (C=O) groups is 1. The van der Waals surface area contributed by atoms with Crippen molar-refractivity contribution in [2.45, 2.75) is 25.9 Å². The van der Waals surface area contributed by atoms with Crippen LogP contribution in [0.2, 0.25) is 0 Å². The number of benzene rings is 2. The molecule has 0 bridgehead atoms. The van der Waals surface area contributed by atoms with Gasteiger partial charge in [0, 0.05) is 32.0 Å². The maximum absolute atomic E-state index is 12.9. The largest absolute Gasteiger partial charge is 0.495 e. The Hall–Kier alpha value is -3.06. The summed E-state index contributed by atoms with van der Waals surface area (Å²) < 4.78 is 11.1. The molecule has 7 nitrogen and oxygen atoms in total. The molecule has 0 aromatic heterocycles. The average molecular weight is 411 g/mol. The molecule has 1 amide bonds. The van der Waals surface area contributed by atoms with Crippen LogP contribution in [0.15, 0.2) is 47.5 Å². The van der Waals surface area contributed by atoms with Gasteiger partial charge in [-0.05, 0) is 55.7 Å². The molecule has 1 aliphatic heterocycles. The van der Waals surface area contributed by atoms with Crippen molar-refractivity contribution in [2.75, 3.05) is 44.6 Å². The molecular weight excluding hydrogens is 380 g/mol. The number of amides is 1. The number of nitrogens with one attached hydrogen (secondary N) is 2. The van der Waals surface area contributed by atoms with Gasteiger partial charge in [-0.25, -0.2) is 4.99 Å². The second-order valence-electron chi connectivity index (χ2n) is 7.55. The van der Waals surface area contributed by atoms with Gasteiger partial charge >= 0.3 is 0 Å². The van der Waals surface area contributed by atoms with E-state index >= 15 is 0 Å². The zero-order valence-electron chi connectivity index (χ0n) is 18.1. The zero-order chi connectivity index (χ0) is 21.5. The normalized spacial score (nSPS) is 16.3. The van der Waals surface area contributed by atoms with Gasteiger partial charge in [0.05, 0.1) is 25.4 Å². The first-order valence-electron chi connectivity index (χ1n) is 10.1. The minimum Gasteiger partial charge on any atom is -0.495 e. The van der Waals surface area contributed by atoms with E-state index in [1.54, 1.807) is 13.2 Å². The van der Waals surface area contributed by atoms with E-state index in [0.717, 1.165) is 36.4 Å². The summed E-state index contributed by atoms with van der Waals surface area (Å²) in [5.74, 6) is 0.813. The Morgan fingerprint density at radius 3 is 2.80 bits per heavy atom. The number of carbonyl (C=O) groups excluding carboxylic acids is 1. The molecule has 0 radical (unpaired) electrons. The van der Waals surface area contributed by atoms with Crippen LogP contribution in [0.5, 0.6) is 5.75 Å². The van der Waals surface area contributed by atoms with E-state index in [0.29, 0.717) is 23.8 Å². The molecule has 0 saturated carbocycles. The highest BCUT2D eigenvalue weighted by Crippen LogP contribution is 2.25. The summed E-state index contributed by atoms with van der Waals surface area (Å²) in [6, 6.07) is 13.3. The zero-order valence-corrected chi connectivity index (χ0v) is 18.1. The van der Waals surface area contributed by atoms with Gasteiger partial charge in [0.25, 0.3) is 5.91 Å². The summed E-state index contributed by atoms with van der Waals surface area (Å²) in [4.78, 5) is 19.5. The molecular formula is C23H30N4O3. The lowest BCUT2D eigenvalue weighted by molar-refractivity contribution is 0.0975. The molecule has 2 aromatic carbocycles. The Kier molecular flexibility index (Phi) is 7.30. The van der Waals surface area contributed by atoms with Crippen LogP contribution >= 0.6 is 0 Å². The van der Waals surface area contributed by atoms with Crippen LogP contribution in [0, 0.1) is 6.92 Å². The Morgan fingerprint density at radius 2 is 2.10 bits per heavy atom. The smallest absolute Gasteiger partial charge is 0.258 e. The molecule has 0 spiro atoms. The van der Waals surface area contributed by atoms with Crippen molar-refractivity contribution in [3.05, 3.63) is 53.6 Å². The molecule has 30 heavy (non-hydrogen) atoms. The minimum absolute atomic E-state index is 0.0789. The molecule has 0 aliphatic carbocycles. The van der Waals surface area contributed by atoms with E-state index in [1.807, 2.05) is 62.3 Å². The predicted molar refractivity (Wildman–Crippen MR) is 121 cm³/mol. The Bertz CT molecular complexity index is 905. The fourth-order valence-corrected chi connectivity index (χ4v) is 3.24. The molecule has 2 aromatic rings. The van der Waals surface area contributed by atoms with Crippen LogP contribution in [0.1, 0.15) is 28.8 Å². The molecule has 1 aliphatic rings. The molecule has 1 atom stereocenters. The lowest BCUT2D eigenvalue weighted by atomic mass is 10.2. The molecule has 1 unspecified atom stereocenters. The van der Waals surface area contributed by atoms with Gasteiger partial charge in [-0.2, -0.15) is 0 Å². The number of rotatable bonds is 6. The number of hydrogen-bond donors (Lipinski definition) is 2. The van der Waals surface area contributed by atoms with Crippen molar-refractivity contribution < 1.29 is 14.3 Å². The molecule has 3 rings (SSSR count). The van der Waals surface area contributed by atoms with Crippen molar-refractivity contribution in [3.63, 3.8) is 0 Å². The minimum atomic E-state index is -0.232. The fourth-order valence-electron chi connectivity index (χ4n) is 3.24. The second kappa shape index (κ2) is 10.1. The van der Waals surface area contributed by atoms with E-state index in [-0.39, 0.29) is 12.0 Å². The number of guanidine groups is 1. The molecule has 1 fully saturated rings. The lowest BCUT2D eigenvalue weighted by Gasteiger charge is -2.17. The standard InChI is InChI=1S/C23H30N4O3/c1-16-10-11-21(29-4)20(13-16)25-23(24-15-19-9-6-12-30-19)26-22(28)17-7-5-8-18(14-17)27(2)3/h5,7-8,10-11,13-14,19H,6,9,12,15H2,1-4H3,(H2,24,25,26,28). The van der Waals surface area contributed by atoms with Crippen molar-refractivity contribution in [2.24, 2.45) is 4.99 Å². The highest BCUT2D eigenvalue weighted by Gasteiger charge is 2.17. The van der Waals surface area contributed by atoms with E-state index in [2.05, 4.69) is 15.6 Å². The van der Waals surface area contributed by atoms with Gasteiger partial charge in [-0.1, -0.05) is 12.1 Å². The first-order chi connectivity index (χ1) is 14.5. The summed E-state index contributed by atoms with van der Waals surface area (Å²) >= 11 is 0. The van der Waals surface area contributed by atoms with E-state index in [9.17, 15) is 4.79 Å². The van der Waals surface area contributed by atoms with Crippen molar-refractivity contribution in [1.29, 1.82) is 0 Å². The van der Waals surface area contributed by atoms with Crippen LogP contribution in [0.4, 0.5) is 11.4 Å². The van der Waals surface area contributed by atoms with Crippen LogP contribution in [-0.2, 0) is 4.74 Å². The highest BCUT2D eigenvalue weighted by atomic mass is 16.5. The van der Waals surface area contributed by atoms with E-state index in [1.165, 1.54) is 0 Å². The maximum atomic E-state index is 12.9. The molecule has 2 N–H and O–H groups in total. The van der Waals surface area contributed by atoms with Gasteiger partial charge < -0.3 is 19.7 Å². The number of methoxy groups -OCH3 is 1. The first-order valence-corrected chi connectivity index (χ1v) is 10.1. The summed E-state index contributed by atoms with van der Waals surface area (Å²) in [7, 11) is 5.50. The van der Waals surface area contributed by atoms with Crippen LogP contribution in [-0.4, -0.2) is 52.3 Å². The van der Waals surface area contributed by atoms with Gasteiger partial charge in [0.2, 0.25) is 5.96 Å². The van der Waals surface area contributed by atoms with Crippen LogP contribution in [0.25, 0.3) is 0 Å². The van der Waals surface area contributed by atoms with Gasteiger partial charge in [0.1, 0.15) is 5.75 Å². The number of nitrogens with zero attached hydrogens (tertiary/aromatic N) is 2. The number of aryl methyl sites for hydroxylation is 1. The SMILES string of the molecule is COc1ccc(C)cc1NC(=NCC1CCCO1)NC(=O)c1cccc(N(C)C)c1. The van der Waals surface area contributed by atoms with Gasteiger partial charge in [0.15, 0.2) is 0 Å². The fraction of sp³-hybridized carbons (Fsp3) is 0.391. The van der Waals surface area contributed by atoms with Crippen LogP contribution < -0.4 is 20.3 Å². The van der Waals surface area contributed by atoms with Gasteiger partial charge in [-0.3, -0.25) is 10.1 Å². The molecule has 7 heteroatoms. The quantitative estimate of drug-likeness (QED) is 0.564. The predicted octanol–water partition coefficient (Wildman–Crippen LogP) is 3.45.